The van der Waals surface area contributed by atoms with E-state index in [0.717, 1.165) is 25.7 Å². The molecule has 0 bridgehead atoms. The SMILES string of the molecule is NCC(NS(=O)(=O)c1ccc(Cl)c(Cl)c1)C1CCCC1. The van der Waals surface area contributed by atoms with E-state index >= 15 is 0 Å². The lowest BCUT2D eigenvalue weighted by Gasteiger charge is -2.23. The predicted octanol–water partition coefficient (Wildman–Crippen LogP) is 2.79. The molecular formula is C13H18Cl2N2O2S. The highest BCUT2D eigenvalue weighted by Gasteiger charge is 2.28. The van der Waals surface area contributed by atoms with Crippen LogP contribution in [0.4, 0.5) is 0 Å². The van der Waals surface area contributed by atoms with Crippen molar-refractivity contribution in [2.75, 3.05) is 6.54 Å². The molecule has 1 aromatic carbocycles. The van der Waals surface area contributed by atoms with Gasteiger partial charge in [0.05, 0.1) is 14.9 Å². The van der Waals surface area contributed by atoms with Crippen molar-refractivity contribution in [3.05, 3.63) is 28.2 Å². The van der Waals surface area contributed by atoms with Crippen LogP contribution in [0.1, 0.15) is 25.7 Å². The van der Waals surface area contributed by atoms with E-state index in [1.165, 1.54) is 18.2 Å². The summed E-state index contributed by atoms with van der Waals surface area (Å²) in [5.74, 6) is 0.317. The summed E-state index contributed by atoms with van der Waals surface area (Å²) in [4.78, 5) is 0.114. The smallest absolute Gasteiger partial charge is 0.240 e. The van der Waals surface area contributed by atoms with Crippen LogP contribution >= 0.6 is 23.2 Å². The van der Waals surface area contributed by atoms with Crippen LogP contribution in [0.5, 0.6) is 0 Å². The number of nitrogens with two attached hydrogens (primary N) is 1. The van der Waals surface area contributed by atoms with Crippen molar-refractivity contribution < 1.29 is 8.42 Å². The normalized spacial score (nSPS) is 18.4. The Kier molecular flexibility index (Phi) is 5.31. The van der Waals surface area contributed by atoms with Crippen LogP contribution in [0.25, 0.3) is 0 Å². The molecule has 1 aromatic rings. The second-order valence-electron chi connectivity index (χ2n) is 5.08. The van der Waals surface area contributed by atoms with Crippen LogP contribution in [-0.4, -0.2) is 21.0 Å². The fourth-order valence-corrected chi connectivity index (χ4v) is 4.31. The van der Waals surface area contributed by atoms with Gasteiger partial charge in [-0.05, 0) is 37.0 Å². The molecule has 0 heterocycles. The largest absolute Gasteiger partial charge is 0.329 e. The van der Waals surface area contributed by atoms with Gasteiger partial charge in [0.15, 0.2) is 0 Å². The zero-order valence-corrected chi connectivity index (χ0v) is 13.3. The molecule has 1 atom stereocenters. The molecule has 4 nitrogen and oxygen atoms in total. The van der Waals surface area contributed by atoms with Crippen LogP contribution in [0.2, 0.25) is 10.0 Å². The summed E-state index contributed by atoms with van der Waals surface area (Å²) >= 11 is 11.7. The Bertz CT molecular complexity index is 572. The molecule has 0 radical (unpaired) electrons. The van der Waals surface area contributed by atoms with Crippen molar-refractivity contribution in [2.45, 2.75) is 36.6 Å². The van der Waals surface area contributed by atoms with E-state index in [1.54, 1.807) is 0 Å². The predicted molar refractivity (Wildman–Crippen MR) is 81.6 cm³/mol. The Labute approximate surface area is 129 Å². The van der Waals surface area contributed by atoms with E-state index in [-0.39, 0.29) is 16.0 Å². The average Bonchev–Trinajstić information content (AvgIpc) is 2.93. The third-order valence-corrected chi connectivity index (χ3v) is 5.96. The molecule has 0 amide bonds. The van der Waals surface area contributed by atoms with Gasteiger partial charge in [-0.3, -0.25) is 0 Å². The molecule has 1 aliphatic carbocycles. The fourth-order valence-electron chi connectivity index (χ4n) is 2.61. The molecule has 0 aliphatic heterocycles. The highest BCUT2D eigenvalue weighted by molar-refractivity contribution is 7.89. The Balaban J connectivity index is 2.18. The molecular weight excluding hydrogens is 319 g/mol. The number of hydrogen-bond acceptors (Lipinski definition) is 3. The van der Waals surface area contributed by atoms with Crippen molar-refractivity contribution in [1.82, 2.24) is 4.72 Å². The first-order valence-electron chi connectivity index (χ1n) is 6.61. The molecule has 2 rings (SSSR count). The van der Waals surface area contributed by atoms with Crippen molar-refractivity contribution in [3.8, 4) is 0 Å². The third-order valence-electron chi connectivity index (χ3n) is 3.73. The van der Waals surface area contributed by atoms with Gasteiger partial charge in [-0.2, -0.15) is 0 Å². The number of nitrogens with one attached hydrogen (secondary N) is 1. The Morgan fingerprint density at radius 3 is 2.45 bits per heavy atom. The molecule has 1 saturated carbocycles. The van der Waals surface area contributed by atoms with Crippen molar-refractivity contribution in [3.63, 3.8) is 0 Å². The topological polar surface area (TPSA) is 72.2 Å². The van der Waals surface area contributed by atoms with E-state index in [2.05, 4.69) is 4.72 Å². The minimum absolute atomic E-state index is 0.114. The third kappa shape index (κ3) is 3.65. The Morgan fingerprint density at radius 2 is 1.90 bits per heavy atom. The summed E-state index contributed by atoms with van der Waals surface area (Å²) in [6.45, 7) is 0.297. The number of sulfonamides is 1. The Morgan fingerprint density at radius 1 is 1.25 bits per heavy atom. The highest BCUT2D eigenvalue weighted by atomic mass is 35.5. The molecule has 1 unspecified atom stereocenters. The van der Waals surface area contributed by atoms with E-state index in [0.29, 0.717) is 17.5 Å². The minimum atomic E-state index is -3.62. The average molecular weight is 337 g/mol. The summed E-state index contributed by atoms with van der Waals surface area (Å²) in [6.07, 6.45) is 4.31. The molecule has 20 heavy (non-hydrogen) atoms. The lowest BCUT2D eigenvalue weighted by Crippen LogP contribution is -2.44. The van der Waals surface area contributed by atoms with Gasteiger partial charge in [0.25, 0.3) is 0 Å². The van der Waals surface area contributed by atoms with Gasteiger partial charge in [-0.1, -0.05) is 36.0 Å². The van der Waals surface area contributed by atoms with E-state index in [4.69, 9.17) is 28.9 Å². The summed E-state index contributed by atoms with van der Waals surface area (Å²) < 4.78 is 27.4. The van der Waals surface area contributed by atoms with Crippen LogP contribution in [0.15, 0.2) is 23.1 Å². The van der Waals surface area contributed by atoms with Crippen molar-refractivity contribution in [1.29, 1.82) is 0 Å². The standard InChI is InChI=1S/C13H18Cl2N2O2S/c14-11-6-5-10(7-12(11)15)20(18,19)17-13(8-16)9-3-1-2-4-9/h5-7,9,13,17H,1-4,8,16H2. The number of hydrogen-bond donors (Lipinski definition) is 2. The lowest BCUT2D eigenvalue weighted by atomic mass is 9.99. The molecule has 112 valence electrons. The van der Waals surface area contributed by atoms with Gasteiger partial charge in [0.2, 0.25) is 10.0 Å². The molecule has 7 heteroatoms. The van der Waals surface area contributed by atoms with Gasteiger partial charge in [-0.25, -0.2) is 13.1 Å². The van der Waals surface area contributed by atoms with E-state index in [9.17, 15) is 8.42 Å². The first-order valence-corrected chi connectivity index (χ1v) is 8.85. The van der Waals surface area contributed by atoms with Gasteiger partial charge in [0, 0.05) is 12.6 Å². The van der Waals surface area contributed by atoms with Crippen molar-refractivity contribution >= 4 is 33.2 Å². The number of benzene rings is 1. The lowest BCUT2D eigenvalue weighted by molar-refractivity contribution is 0.405. The van der Waals surface area contributed by atoms with Gasteiger partial charge in [-0.15, -0.1) is 0 Å². The van der Waals surface area contributed by atoms with Gasteiger partial charge < -0.3 is 5.73 Å². The molecule has 0 aromatic heterocycles. The Hall–Kier alpha value is -0.330. The first kappa shape index (κ1) is 16.0. The molecule has 0 saturated heterocycles. The van der Waals surface area contributed by atoms with E-state index < -0.39 is 10.0 Å². The second-order valence-corrected chi connectivity index (χ2v) is 7.61. The van der Waals surface area contributed by atoms with Crippen LogP contribution in [0, 0.1) is 5.92 Å². The quantitative estimate of drug-likeness (QED) is 0.868. The molecule has 3 N–H and O–H groups in total. The molecule has 0 spiro atoms. The summed E-state index contributed by atoms with van der Waals surface area (Å²) in [5.41, 5.74) is 5.72. The maximum atomic E-state index is 12.4. The van der Waals surface area contributed by atoms with Crippen LogP contribution < -0.4 is 10.5 Å². The summed E-state index contributed by atoms with van der Waals surface area (Å²) in [7, 11) is -3.62. The van der Waals surface area contributed by atoms with Crippen molar-refractivity contribution in [2.24, 2.45) is 11.7 Å². The fraction of sp³-hybridized carbons (Fsp3) is 0.538. The summed E-state index contributed by atoms with van der Waals surface area (Å²) in [5, 5.41) is 0.552. The first-order chi connectivity index (χ1) is 9.44. The maximum absolute atomic E-state index is 12.4. The maximum Gasteiger partial charge on any atom is 0.240 e. The van der Waals surface area contributed by atoms with E-state index in [1.807, 2.05) is 0 Å². The van der Waals surface area contributed by atoms with Gasteiger partial charge >= 0.3 is 0 Å². The summed E-state index contributed by atoms with van der Waals surface area (Å²) in [6, 6.07) is 4.05. The van der Waals surface area contributed by atoms with Gasteiger partial charge in [0.1, 0.15) is 0 Å². The van der Waals surface area contributed by atoms with Crippen LogP contribution in [0.3, 0.4) is 0 Å². The highest BCUT2D eigenvalue weighted by Crippen LogP contribution is 2.29. The second kappa shape index (κ2) is 6.62. The zero-order chi connectivity index (χ0) is 14.8. The number of rotatable bonds is 5. The molecule has 1 fully saturated rings. The monoisotopic (exact) mass is 336 g/mol. The molecule has 1 aliphatic rings. The minimum Gasteiger partial charge on any atom is -0.329 e. The number of halogens is 2. The zero-order valence-electron chi connectivity index (χ0n) is 11.0. The van der Waals surface area contributed by atoms with Crippen LogP contribution in [-0.2, 0) is 10.0 Å².